The number of nitrogens with zero attached hydrogens (tertiary/aromatic N) is 1. The van der Waals surface area contributed by atoms with Gasteiger partial charge in [-0.25, -0.2) is 0 Å². The number of hydroxylamine groups is 2. The van der Waals surface area contributed by atoms with Gasteiger partial charge < -0.3 is 5.73 Å². The van der Waals surface area contributed by atoms with Crippen LogP contribution in [0.25, 0.3) is 0 Å². The normalized spacial score (nSPS) is 12.1. The molecular formula is C8H20N2O4P+. The van der Waals surface area contributed by atoms with Crippen LogP contribution >= 0.6 is 8.25 Å². The minimum atomic E-state index is -2.16. The second-order valence-corrected chi connectivity index (χ2v) is 3.62. The Morgan fingerprint density at radius 2 is 2.13 bits per heavy atom. The molecule has 0 rings (SSSR count). The minimum absolute atomic E-state index is 0.353. The third-order valence-corrected chi connectivity index (χ3v) is 2.15. The van der Waals surface area contributed by atoms with Crippen molar-refractivity contribution in [2.75, 3.05) is 26.3 Å². The number of rotatable bonds is 10. The molecule has 0 radical (unpaired) electrons. The van der Waals surface area contributed by atoms with Crippen molar-refractivity contribution in [3.63, 3.8) is 0 Å². The zero-order valence-electron chi connectivity index (χ0n) is 9.35. The van der Waals surface area contributed by atoms with Crippen LogP contribution in [0.1, 0.15) is 26.7 Å². The van der Waals surface area contributed by atoms with Crippen LogP contribution in [-0.2, 0) is 18.6 Å². The van der Waals surface area contributed by atoms with Gasteiger partial charge >= 0.3 is 8.25 Å². The van der Waals surface area contributed by atoms with Gasteiger partial charge in [0.15, 0.2) is 0 Å². The van der Waals surface area contributed by atoms with E-state index in [0.29, 0.717) is 26.3 Å². The highest BCUT2D eigenvalue weighted by Crippen LogP contribution is 2.25. The third-order valence-electron chi connectivity index (χ3n) is 1.44. The standard InChI is InChI=1S/C8H20N2O4P/c1-3-5-8-13-15(11)14-10(7-6-9)12-4-2/h3-9H2,1-2H3/q+1. The molecule has 0 amide bonds. The van der Waals surface area contributed by atoms with E-state index >= 15 is 0 Å². The van der Waals surface area contributed by atoms with Crippen LogP contribution < -0.4 is 5.73 Å². The quantitative estimate of drug-likeness (QED) is 0.354. The highest BCUT2D eigenvalue weighted by atomic mass is 31.1. The minimum Gasteiger partial charge on any atom is -0.329 e. The molecule has 0 bridgehead atoms. The lowest BCUT2D eigenvalue weighted by Gasteiger charge is -2.10. The van der Waals surface area contributed by atoms with Crippen molar-refractivity contribution in [3.05, 3.63) is 0 Å². The lowest BCUT2D eigenvalue weighted by Crippen LogP contribution is -2.28. The van der Waals surface area contributed by atoms with E-state index in [0.717, 1.165) is 18.1 Å². The maximum absolute atomic E-state index is 11.2. The van der Waals surface area contributed by atoms with Gasteiger partial charge in [-0.15, -0.1) is 4.52 Å². The summed E-state index contributed by atoms with van der Waals surface area (Å²) >= 11 is 0. The van der Waals surface area contributed by atoms with Gasteiger partial charge in [0.25, 0.3) is 0 Å². The number of hydrogen-bond acceptors (Lipinski definition) is 6. The predicted molar refractivity (Wildman–Crippen MR) is 56.9 cm³/mol. The van der Waals surface area contributed by atoms with Crippen LogP contribution in [0, 0.1) is 0 Å². The van der Waals surface area contributed by atoms with Crippen molar-refractivity contribution in [1.29, 1.82) is 0 Å². The molecule has 0 saturated heterocycles. The molecule has 0 aromatic rings. The lowest BCUT2D eigenvalue weighted by atomic mass is 10.4. The molecule has 1 unspecified atom stereocenters. The maximum Gasteiger partial charge on any atom is 0.718 e. The molecule has 0 aromatic carbocycles. The lowest BCUT2D eigenvalue weighted by molar-refractivity contribution is -0.315. The van der Waals surface area contributed by atoms with Gasteiger partial charge in [-0.05, 0) is 18.6 Å². The molecule has 0 aliphatic heterocycles. The highest BCUT2D eigenvalue weighted by molar-refractivity contribution is 7.33. The van der Waals surface area contributed by atoms with Crippen molar-refractivity contribution in [1.82, 2.24) is 5.23 Å². The summed E-state index contributed by atoms with van der Waals surface area (Å²) in [7, 11) is -2.16. The van der Waals surface area contributed by atoms with Crippen LogP contribution in [0.3, 0.4) is 0 Å². The summed E-state index contributed by atoms with van der Waals surface area (Å²) in [4.78, 5) is 5.03. The molecule has 2 N–H and O–H groups in total. The SMILES string of the molecule is CCCCO[P+](=O)ON(CCN)OCC. The van der Waals surface area contributed by atoms with Gasteiger partial charge in [0.1, 0.15) is 6.61 Å². The molecule has 0 heterocycles. The van der Waals surface area contributed by atoms with Crippen molar-refractivity contribution >= 4 is 8.25 Å². The van der Waals surface area contributed by atoms with E-state index in [4.69, 9.17) is 19.7 Å². The molecule has 15 heavy (non-hydrogen) atoms. The summed E-state index contributed by atoms with van der Waals surface area (Å²) < 4.78 is 21.0. The summed E-state index contributed by atoms with van der Waals surface area (Å²) in [6.07, 6.45) is 1.84. The Morgan fingerprint density at radius 3 is 2.67 bits per heavy atom. The summed E-state index contributed by atoms with van der Waals surface area (Å²) in [6, 6.07) is 0. The Bertz CT molecular complexity index is 165. The fraction of sp³-hybridized carbons (Fsp3) is 1.00. The molecule has 0 fully saturated rings. The molecular weight excluding hydrogens is 219 g/mol. The predicted octanol–water partition coefficient (Wildman–Crippen LogP) is 1.60. The summed E-state index contributed by atoms with van der Waals surface area (Å²) in [5.74, 6) is 0. The fourth-order valence-corrected chi connectivity index (χ4v) is 1.36. The number of hydrogen-bond donors (Lipinski definition) is 1. The molecule has 1 atom stereocenters. The molecule has 0 saturated carbocycles. The largest absolute Gasteiger partial charge is 0.718 e. The van der Waals surface area contributed by atoms with Crippen molar-refractivity contribution in [2.45, 2.75) is 26.7 Å². The Labute approximate surface area is 91.5 Å². The molecule has 7 heteroatoms. The van der Waals surface area contributed by atoms with E-state index < -0.39 is 8.25 Å². The van der Waals surface area contributed by atoms with Gasteiger partial charge in [0.05, 0.1) is 13.2 Å². The first kappa shape index (κ1) is 14.9. The average molecular weight is 239 g/mol. The topological polar surface area (TPSA) is 74.0 Å². The smallest absolute Gasteiger partial charge is 0.329 e. The van der Waals surface area contributed by atoms with Crippen LogP contribution in [0.2, 0.25) is 0 Å². The Kier molecular flexibility index (Phi) is 10.3. The van der Waals surface area contributed by atoms with Crippen LogP contribution in [0.4, 0.5) is 0 Å². The van der Waals surface area contributed by atoms with Gasteiger partial charge in [0.2, 0.25) is 0 Å². The van der Waals surface area contributed by atoms with E-state index in [1.54, 1.807) is 6.92 Å². The summed E-state index contributed by atoms with van der Waals surface area (Å²) in [6.45, 7) is 5.40. The van der Waals surface area contributed by atoms with Gasteiger partial charge in [-0.3, -0.25) is 4.84 Å². The molecule has 0 spiro atoms. The van der Waals surface area contributed by atoms with Crippen LogP contribution in [0.15, 0.2) is 0 Å². The van der Waals surface area contributed by atoms with E-state index in [-0.39, 0.29) is 0 Å². The van der Waals surface area contributed by atoms with Crippen molar-refractivity contribution in [2.24, 2.45) is 5.73 Å². The zero-order valence-corrected chi connectivity index (χ0v) is 10.2. The first-order valence-electron chi connectivity index (χ1n) is 5.13. The van der Waals surface area contributed by atoms with Gasteiger partial charge in [-0.2, -0.15) is 0 Å². The van der Waals surface area contributed by atoms with E-state index in [9.17, 15) is 4.57 Å². The highest BCUT2D eigenvalue weighted by Gasteiger charge is 2.26. The van der Waals surface area contributed by atoms with Gasteiger partial charge in [-0.1, -0.05) is 13.3 Å². The molecule has 90 valence electrons. The van der Waals surface area contributed by atoms with Gasteiger partial charge in [0, 0.05) is 15.7 Å². The third kappa shape index (κ3) is 8.87. The number of nitrogens with two attached hydrogens (primary N) is 1. The molecule has 0 aromatic heterocycles. The molecule has 0 aliphatic carbocycles. The average Bonchev–Trinajstić information content (AvgIpc) is 2.19. The van der Waals surface area contributed by atoms with Crippen LogP contribution in [-0.4, -0.2) is 31.5 Å². The fourth-order valence-electron chi connectivity index (χ4n) is 0.760. The summed E-state index contributed by atoms with van der Waals surface area (Å²) in [5.41, 5.74) is 5.32. The van der Waals surface area contributed by atoms with E-state index in [2.05, 4.69) is 0 Å². The van der Waals surface area contributed by atoms with Crippen molar-refractivity contribution in [3.8, 4) is 0 Å². The van der Waals surface area contributed by atoms with E-state index in [1.807, 2.05) is 6.92 Å². The second kappa shape index (κ2) is 10.4. The summed E-state index contributed by atoms with van der Waals surface area (Å²) in [5, 5.41) is 1.10. The maximum atomic E-state index is 11.2. The molecule has 0 aliphatic rings. The van der Waals surface area contributed by atoms with E-state index in [1.165, 1.54) is 0 Å². The molecule has 6 nitrogen and oxygen atoms in total. The number of unbranched alkanes of at least 4 members (excludes halogenated alkanes) is 1. The first-order valence-corrected chi connectivity index (χ1v) is 6.22. The van der Waals surface area contributed by atoms with Crippen LogP contribution in [0.5, 0.6) is 0 Å². The van der Waals surface area contributed by atoms with Crippen molar-refractivity contribution < 1.29 is 18.6 Å². The zero-order chi connectivity index (χ0) is 11.5. The Hall–Kier alpha value is -0.100. The Balaban J connectivity index is 3.67. The monoisotopic (exact) mass is 239 g/mol. The first-order chi connectivity index (χ1) is 7.24. The second-order valence-electron chi connectivity index (χ2n) is 2.75. The Morgan fingerprint density at radius 1 is 1.40 bits per heavy atom.